The van der Waals surface area contributed by atoms with Gasteiger partial charge in [0.2, 0.25) is 5.50 Å². The molecule has 0 N–H and O–H groups in total. The molecule has 4 heteroatoms. The first-order chi connectivity index (χ1) is 4.02. The second kappa shape index (κ2) is 1.94. The third-order valence-corrected chi connectivity index (χ3v) is 3.50. The summed E-state index contributed by atoms with van der Waals surface area (Å²) in [4.78, 5) is 0. The van der Waals surface area contributed by atoms with Crippen LogP contribution in [-0.2, 0) is 9.84 Å². The van der Waals surface area contributed by atoms with Gasteiger partial charge in [0.1, 0.15) is 0 Å². The Kier molecular flexibility index (Phi) is 1.50. The molecule has 2 nitrogen and oxygen atoms in total. The number of sulfone groups is 1. The van der Waals surface area contributed by atoms with E-state index in [4.69, 9.17) is 0 Å². The van der Waals surface area contributed by atoms with Gasteiger partial charge in [-0.15, -0.1) is 0 Å². The van der Waals surface area contributed by atoms with Crippen LogP contribution in [-0.4, -0.2) is 19.7 Å². The maximum Gasteiger partial charge on any atom is 0.201 e. The maximum atomic E-state index is 12.4. The first-order valence-electron chi connectivity index (χ1n) is 2.88. The van der Waals surface area contributed by atoms with Crippen molar-refractivity contribution >= 4 is 9.84 Å². The molecule has 1 fully saturated rings. The van der Waals surface area contributed by atoms with Crippen molar-refractivity contribution in [1.82, 2.24) is 0 Å². The molecule has 9 heavy (non-hydrogen) atoms. The van der Waals surface area contributed by atoms with Crippen LogP contribution in [0.3, 0.4) is 0 Å². The van der Waals surface area contributed by atoms with Crippen LogP contribution in [0.25, 0.3) is 0 Å². The summed E-state index contributed by atoms with van der Waals surface area (Å²) in [5, 5.41) is 0. The van der Waals surface area contributed by atoms with Crippen LogP contribution < -0.4 is 0 Å². The van der Waals surface area contributed by atoms with E-state index in [-0.39, 0.29) is 18.1 Å². The quantitative estimate of drug-likeness (QED) is 0.513. The van der Waals surface area contributed by atoms with Gasteiger partial charge < -0.3 is 0 Å². The molecule has 0 amide bonds. The van der Waals surface area contributed by atoms with Crippen LogP contribution in [0, 0.1) is 5.92 Å². The van der Waals surface area contributed by atoms with E-state index in [9.17, 15) is 12.8 Å². The molecule has 54 valence electrons. The standard InChI is InChI=1S/C5H9FO2S/c1-4-2-5(6)9(7,8)3-4/h4-5H,2-3H2,1H3. The Hall–Kier alpha value is -0.120. The fourth-order valence-corrected chi connectivity index (χ4v) is 2.79. The minimum Gasteiger partial charge on any atom is -0.230 e. The first-order valence-corrected chi connectivity index (χ1v) is 4.59. The van der Waals surface area contributed by atoms with Gasteiger partial charge in [-0.3, -0.25) is 0 Å². The highest BCUT2D eigenvalue weighted by atomic mass is 32.2. The number of hydrogen-bond acceptors (Lipinski definition) is 2. The smallest absolute Gasteiger partial charge is 0.201 e. The van der Waals surface area contributed by atoms with Crippen LogP contribution in [0.2, 0.25) is 0 Å². The zero-order valence-electron chi connectivity index (χ0n) is 5.17. The normalized spacial score (nSPS) is 41.1. The second-order valence-electron chi connectivity index (χ2n) is 2.58. The Morgan fingerprint density at radius 1 is 1.56 bits per heavy atom. The molecule has 0 spiro atoms. The van der Waals surface area contributed by atoms with E-state index < -0.39 is 15.3 Å². The molecule has 0 radical (unpaired) electrons. The van der Waals surface area contributed by atoms with Gasteiger partial charge in [-0.25, -0.2) is 12.8 Å². The van der Waals surface area contributed by atoms with Gasteiger partial charge in [-0.05, 0) is 12.3 Å². The highest BCUT2D eigenvalue weighted by molar-refractivity contribution is 7.92. The average Bonchev–Trinajstić information content (AvgIpc) is 1.79. The van der Waals surface area contributed by atoms with Crippen molar-refractivity contribution in [2.45, 2.75) is 18.8 Å². The molecule has 0 saturated carbocycles. The summed E-state index contributed by atoms with van der Waals surface area (Å²) >= 11 is 0. The summed E-state index contributed by atoms with van der Waals surface area (Å²) in [5.41, 5.74) is -1.59. The van der Waals surface area contributed by atoms with Crippen LogP contribution in [0.15, 0.2) is 0 Å². The predicted octanol–water partition coefficient (Wildman–Crippen LogP) is 0.737. The van der Waals surface area contributed by atoms with Crippen molar-refractivity contribution in [3.63, 3.8) is 0 Å². The molecule has 0 aromatic rings. The van der Waals surface area contributed by atoms with Crippen LogP contribution in [0.1, 0.15) is 13.3 Å². The molecule has 2 unspecified atom stereocenters. The van der Waals surface area contributed by atoms with Crippen molar-refractivity contribution in [2.75, 3.05) is 5.75 Å². The van der Waals surface area contributed by atoms with Crippen molar-refractivity contribution < 1.29 is 12.8 Å². The van der Waals surface area contributed by atoms with E-state index in [0.717, 1.165) is 0 Å². The SMILES string of the molecule is CC1CC(F)S(=O)(=O)C1. The third-order valence-electron chi connectivity index (χ3n) is 1.49. The maximum absolute atomic E-state index is 12.4. The third kappa shape index (κ3) is 1.23. The lowest BCUT2D eigenvalue weighted by molar-refractivity contribution is 0.393. The Labute approximate surface area is 54.0 Å². The van der Waals surface area contributed by atoms with E-state index in [2.05, 4.69) is 0 Å². The summed E-state index contributed by atoms with van der Waals surface area (Å²) in [7, 11) is -3.34. The molecular formula is C5H9FO2S. The molecule has 0 aromatic heterocycles. The lowest BCUT2D eigenvalue weighted by atomic mass is 10.2. The lowest BCUT2D eigenvalue weighted by Crippen LogP contribution is -2.09. The molecule has 1 aliphatic rings. The van der Waals surface area contributed by atoms with Gasteiger partial charge >= 0.3 is 0 Å². The Balaban J connectivity index is 2.83. The number of rotatable bonds is 0. The summed E-state index contributed by atoms with van der Waals surface area (Å²) in [6.45, 7) is 1.75. The fourth-order valence-electron chi connectivity index (χ4n) is 1.03. The number of hydrogen-bond donors (Lipinski definition) is 0. The van der Waals surface area contributed by atoms with Crippen LogP contribution >= 0.6 is 0 Å². The molecule has 2 atom stereocenters. The molecule has 0 aromatic carbocycles. The van der Waals surface area contributed by atoms with E-state index in [0.29, 0.717) is 0 Å². The largest absolute Gasteiger partial charge is 0.230 e. The van der Waals surface area contributed by atoms with Gasteiger partial charge in [-0.1, -0.05) is 6.92 Å². The monoisotopic (exact) mass is 152 g/mol. The predicted molar refractivity (Wildman–Crippen MR) is 32.5 cm³/mol. The average molecular weight is 152 g/mol. The van der Waals surface area contributed by atoms with Crippen molar-refractivity contribution in [3.8, 4) is 0 Å². The van der Waals surface area contributed by atoms with E-state index in [1.807, 2.05) is 0 Å². The lowest BCUT2D eigenvalue weighted by Gasteiger charge is -1.92. The molecule has 1 heterocycles. The topological polar surface area (TPSA) is 34.1 Å². The van der Waals surface area contributed by atoms with Gasteiger partial charge in [0.15, 0.2) is 9.84 Å². The molecule has 1 aliphatic heterocycles. The second-order valence-corrected chi connectivity index (χ2v) is 4.75. The van der Waals surface area contributed by atoms with Gasteiger partial charge in [0, 0.05) is 0 Å². The van der Waals surface area contributed by atoms with E-state index >= 15 is 0 Å². The van der Waals surface area contributed by atoms with Crippen LogP contribution in [0.4, 0.5) is 4.39 Å². The van der Waals surface area contributed by atoms with Gasteiger partial charge in [0.05, 0.1) is 5.75 Å². The number of halogens is 1. The summed E-state index contributed by atoms with van der Waals surface area (Å²) in [6.07, 6.45) is 0.183. The molecule has 1 saturated heterocycles. The summed E-state index contributed by atoms with van der Waals surface area (Å²) in [6, 6.07) is 0. The Morgan fingerprint density at radius 3 is 2.22 bits per heavy atom. The zero-order valence-corrected chi connectivity index (χ0v) is 5.99. The molecule has 0 bridgehead atoms. The van der Waals surface area contributed by atoms with Crippen molar-refractivity contribution in [1.29, 1.82) is 0 Å². The number of alkyl halides is 1. The highest BCUT2D eigenvalue weighted by Gasteiger charge is 2.35. The highest BCUT2D eigenvalue weighted by Crippen LogP contribution is 2.25. The van der Waals surface area contributed by atoms with Crippen LogP contribution in [0.5, 0.6) is 0 Å². The molecule has 0 aliphatic carbocycles. The van der Waals surface area contributed by atoms with Gasteiger partial charge in [-0.2, -0.15) is 0 Å². The first kappa shape index (κ1) is 6.99. The molecule has 1 rings (SSSR count). The van der Waals surface area contributed by atoms with Crippen molar-refractivity contribution in [2.24, 2.45) is 5.92 Å². The van der Waals surface area contributed by atoms with Gasteiger partial charge in [0.25, 0.3) is 0 Å². The summed E-state index contributed by atoms with van der Waals surface area (Å²) in [5.74, 6) is 0.0266. The van der Waals surface area contributed by atoms with E-state index in [1.54, 1.807) is 6.92 Å². The zero-order chi connectivity index (χ0) is 7.07. The Bertz CT molecular complexity index is 197. The fraction of sp³-hybridized carbons (Fsp3) is 1.00. The summed E-state index contributed by atoms with van der Waals surface area (Å²) < 4.78 is 33.6. The minimum atomic E-state index is -3.34. The van der Waals surface area contributed by atoms with E-state index in [1.165, 1.54) is 0 Å². The van der Waals surface area contributed by atoms with Crippen molar-refractivity contribution in [3.05, 3.63) is 0 Å². The molecular weight excluding hydrogens is 143 g/mol. The Morgan fingerprint density at radius 2 is 2.11 bits per heavy atom. The minimum absolute atomic E-state index is 0.00463.